The van der Waals surface area contributed by atoms with Gasteiger partial charge in [0.15, 0.2) is 0 Å². The van der Waals surface area contributed by atoms with E-state index >= 15 is 0 Å². The molecule has 2 heteroatoms. The monoisotopic (exact) mass is 196 g/mol. The second-order valence-electron chi connectivity index (χ2n) is 5.12. The van der Waals surface area contributed by atoms with E-state index < -0.39 is 0 Å². The van der Waals surface area contributed by atoms with Crippen LogP contribution in [0.2, 0.25) is 0 Å². The van der Waals surface area contributed by atoms with Gasteiger partial charge in [0.05, 0.1) is 0 Å². The molecule has 0 aromatic heterocycles. The van der Waals surface area contributed by atoms with Gasteiger partial charge in [-0.25, -0.2) is 0 Å². The summed E-state index contributed by atoms with van der Waals surface area (Å²) in [5, 5.41) is 0. The van der Waals surface area contributed by atoms with Crippen LogP contribution < -0.4 is 5.73 Å². The first-order chi connectivity index (χ1) is 6.79. The zero-order valence-electron chi connectivity index (χ0n) is 9.41. The lowest BCUT2D eigenvalue weighted by Gasteiger charge is -2.34. The first-order valence-electron chi connectivity index (χ1n) is 6.26. The zero-order valence-corrected chi connectivity index (χ0v) is 9.41. The second kappa shape index (κ2) is 4.63. The molecule has 0 saturated heterocycles. The van der Waals surface area contributed by atoms with Crippen LogP contribution in [0.4, 0.5) is 0 Å². The summed E-state index contributed by atoms with van der Waals surface area (Å²) in [7, 11) is 2.28. The van der Waals surface area contributed by atoms with Gasteiger partial charge in [-0.1, -0.05) is 25.7 Å². The van der Waals surface area contributed by atoms with Crippen LogP contribution in [0.3, 0.4) is 0 Å². The summed E-state index contributed by atoms with van der Waals surface area (Å²) in [5.74, 6) is 0. The Labute approximate surface area is 87.8 Å². The number of rotatable bonds is 2. The summed E-state index contributed by atoms with van der Waals surface area (Å²) in [4.78, 5) is 2.57. The lowest BCUT2D eigenvalue weighted by atomic mass is 9.92. The second-order valence-corrected chi connectivity index (χ2v) is 5.12. The van der Waals surface area contributed by atoms with Crippen LogP contribution in [-0.4, -0.2) is 30.1 Å². The first-order valence-corrected chi connectivity index (χ1v) is 6.26. The molecule has 2 aliphatic rings. The molecule has 14 heavy (non-hydrogen) atoms. The number of nitrogens with zero attached hydrogens (tertiary/aromatic N) is 1. The number of nitrogens with two attached hydrogens (primary N) is 1. The Hall–Kier alpha value is -0.0800. The van der Waals surface area contributed by atoms with E-state index in [1.807, 2.05) is 0 Å². The van der Waals surface area contributed by atoms with Crippen LogP contribution in [0, 0.1) is 0 Å². The summed E-state index contributed by atoms with van der Waals surface area (Å²) in [6.45, 7) is 0. The van der Waals surface area contributed by atoms with Crippen molar-refractivity contribution in [3.63, 3.8) is 0 Å². The van der Waals surface area contributed by atoms with Crippen molar-refractivity contribution in [3.05, 3.63) is 0 Å². The van der Waals surface area contributed by atoms with E-state index in [9.17, 15) is 0 Å². The molecule has 0 bridgehead atoms. The van der Waals surface area contributed by atoms with Gasteiger partial charge in [0.2, 0.25) is 0 Å². The van der Waals surface area contributed by atoms with Crippen LogP contribution in [0.5, 0.6) is 0 Å². The van der Waals surface area contributed by atoms with E-state index in [-0.39, 0.29) is 0 Å². The van der Waals surface area contributed by atoms with Crippen molar-refractivity contribution in [2.45, 2.75) is 69.5 Å². The van der Waals surface area contributed by atoms with E-state index in [0.29, 0.717) is 12.1 Å². The molecule has 0 spiro atoms. The van der Waals surface area contributed by atoms with Gasteiger partial charge in [0.1, 0.15) is 0 Å². The molecule has 2 fully saturated rings. The molecular weight excluding hydrogens is 172 g/mol. The summed E-state index contributed by atoms with van der Waals surface area (Å²) in [6.07, 6.45) is 10.9. The van der Waals surface area contributed by atoms with Gasteiger partial charge in [0.25, 0.3) is 0 Å². The molecule has 0 amide bonds. The maximum absolute atomic E-state index is 6.27. The van der Waals surface area contributed by atoms with Crippen LogP contribution in [0.25, 0.3) is 0 Å². The average molecular weight is 196 g/mol. The van der Waals surface area contributed by atoms with Gasteiger partial charge < -0.3 is 5.73 Å². The Morgan fingerprint density at radius 3 is 2.21 bits per heavy atom. The van der Waals surface area contributed by atoms with E-state index in [2.05, 4.69) is 11.9 Å². The lowest BCUT2D eigenvalue weighted by Crippen LogP contribution is -2.47. The Balaban J connectivity index is 1.90. The molecule has 2 N–H and O–H groups in total. The normalized spacial score (nSPS) is 35.4. The SMILES string of the molecule is CN(C1CC1)C1CCCCCCC1N. The van der Waals surface area contributed by atoms with Crippen molar-refractivity contribution in [1.29, 1.82) is 0 Å². The van der Waals surface area contributed by atoms with Crippen molar-refractivity contribution in [1.82, 2.24) is 4.90 Å². The molecule has 2 unspecified atom stereocenters. The summed E-state index contributed by atoms with van der Waals surface area (Å²) < 4.78 is 0. The minimum absolute atomic E-state index is 0.431. The highest BCUT2D eigenvalue weighted by Crippen LogP contribution is 2.30. The highest BCUT2D eigenvalue weighted by molar-refractivity contribution is 4.91. The van der Waals surface area contributed by atoms with Crippen LogP contribution >= 0.6 is 0 Å². The third-order valence-corrected chi connectivity index (χ3v) is 3.93. The molecule has 2 saturated carbocycles. The largest absolute Gasteiger partial charge is 0.326 e. The Morgan fingerprint density at radius 1 is 0.929 bits per heavy atom. The minimum Gasteiger partial charge on any atom is -0.326 e. The lowest BCUT2D eigenvalue weighted by molar-refractivity contribution is 0.174. The summed E-state index contributed by atoms with van der Waals surface area (Å²) in [6, 6.07) is 1.97. The summed E-state index contributed by atoms with van der Waals surface area (Å²) >= 11 is 0. The van der Waals surface area contributed by atoms with Crippen molar-refractivity contribution in [2.75, 3.05) is 7.05 Å². The number of hydrogen-bond donors (Lipinski definition) is 1. The van der Waals surface area contributed by atoms with E-state index in [1.165, 1.54) is 51.4 Å². The van der Waals surface area contributed by atoms with E-state index in [0.717, 1.165) is 6.04 Å². The molecule has 0 aliphatic heterocycles. The van der Waals surface area contributed by atoms with Gasteiger partial charge >= 0.3 is 0 Å². The van der Waals surface area contributed by atoms with Crippen molar-refractivity contribution in [3.8, 4) is 0 Å². The minimum atomic E-state index is 0.431. The average Bonchev–Trinajstić information content (AvgIpc) is 2.94. The molecule has 0 heterocycles. The molecular formula is C12H24N2. The van der Waals surface area contributed by atoms with Gasteiger partial charge in [0, 0.05) is 18.1 Å². The molecule has 0 aromatic carbocycles. The smallest absolute Gasteiger partial charge is 0.0247 e. The fourth-order valence-corrected chi connectivity index (χ4v) is 2.75. The number of hydrogen-bond acceptors (Lipinski definition) is 2. The van der Waals surface area contributed by atoms with E-state index in [4.69, 9.17) is 5.73 Å². The standard InChI is InChI=1S/C12H24N2/c1-14(10-8-9-10)12-7-5-3-2-4-6-11(12)13/h10-12H,2-9,13H2,1H3. The van der Waals surface area contributed by atoms with Crippen molar-refractivity contribution < 1.29 is 0 Å². The zero-order chi connectivity index (χ0) is 9.97. The van der Waals surface area contributed by atoms with Gasteiger partial charge in [-0.2, -0.15) is 0 Å². The van der Waals surface area contributed by atoms with Crippen molar-refractivity contribution >= 4 is 0 Å². The molecule has 2 aliphatic carbocycles. The van der Waals surface area contributed by atoms with Gasteiger partial charge in [-0.15, -0.1) is 0 Å². The number of likely N-dealkylation sites (N-methyl/N-ethyl adjacent to an activating group) is 1. The molecule has 2 rings (SSSR count). The van der Waals surface area contributed by atoms with Crippen LogP contribution in [0.15, 0.2) is 0 Å². The fraction of sp³-hybridized carbons (Fsp3) is 1.00. The molecule has 0 aromatic rings. The Bertz CT molecular complexity index is 177. The molecule has 0 radical (unpaired) electrons. The predicted molar refractivity (Wildman–Crippen MR) is 60.3 cm³/mol. The first kappa shape index (κ1) is 10.4. The van der Waals surface area contributed by atoms with Gasteiger partial charge in [-0.05, 0) is 32.7 Å². The topological polar surface area (TPSA) is 29.3 Å². The highest BCUT2D eigenvalue weighted by atomic mass is 15.2. The van der Waals surface area contributed by atoms with Gasteiger partial charge in [-0.3, -0.25) is 4.90 Å². The molecule has 2 atom stereocenters. The summed E-state index contributed by atoms with van der Waals surface area (Å²) in [5.41, 5.74) is 6.27. The predicted octanol–water partition coefficient (Wildman–Crippen LogP) is 2.13. The maximum atomic E-state index is 6.27. The Kier molecular flexibility index (Phi) is 3.45. The third kappa shape index (κ3) is 2.48. The third-order valence-electron chi connectivity index (χ3n) is 3.93. The maximum Gasteiger partial charge on any atom is 0.0247 e. The van der Waals surface area contributed by atoms with Crippen LogP contribution in [-0.2, 0) is 0 Å². The van der Waals surface area contributed by atoms with Crippen LogP contribution in [0.1, 0.15) is 51.4 Å². The molecule has 82 valence electrons. The van der Waals surface area contributed by atoms with Crippen molar-refractivity contribution in [2.24, 2.45) is 5.73 Å². The molecule has 2 nitrogen and oxygen atoms in total. The van der Waals surface area contributed by atoms with E-state index in [1.54, 1.807) is 0 Å². The Morgan fingerprint density at radius 2 is 1.57 bits per heavy atom. The highest BCUT2D eigenvalue weighted by Gasteiger charge is 2.33. The fourth-order valence-electron chi connectivity index (χ4n) is 2.75. The quantitative estimate of drug-likeness (QED) is 0.733.